The molecule has 2 aliphatic rings. The van der Waals surface area contributed by atoms with Gasteiger partial charge in [0, 0.05) is 16.8 Å². The predicted octanol–water partition coefficient (Wildman–Crippen LogP) is -3.03. The van der Waals surface area contributed by atoms with Crippen LogP contribution in [0.15, 0.2) is 160 Å². The van der Waals surface area contributed by atoms with Crippen LogP contribution in [0.2, 0.25) is 0 Å². The van der Waals surface area contributed by atoms with Gasteiger partial charge in [-0.25, -0.2) is 25.3 Å². The Morgan fingerprint density at radius 2 is 1.28 bits per heavy atom. The quantitative estimate of drug-likeness (QED) is 0.0256. The number of para-hydroxylation sites is 1. The van der Waals surface area contributed by atoms with Crippen molar-refractivity contribution in [1.82, 2.24) is 0 Å². The summed E-state index contributed by atoms with van der Waals surface area (Å²) in [5.41, 5.74) is 9.12. The number of azo groups is 2. The van der Waals surface area contributed by atoms with Crippen LogP contribution in [0.25, 0.3) is 16.8 Å². The summed E-state index contributed by atoms with van der Waals surface area (Å²) in [5, 5.41) is 34.7. The molecule has 0 aromatic heterocycles. The average Bonchev–Trinajstić information content (AvgIpc) is 3.21. The largest absolute Gasteiger partial charge is 1.00 e. The molecule has 5 N–H and O–H groups in total. The molecule has 21 nitrogen and oxygen atoms in total. The standard InChI is InChI=1S/C38H27N9O12S3.3Na/c39-35-34-20(17-33(62(57,58)59)37(38(34)50)47-41-21-4-2-1-3-5-21)16-32(61(54,55)56)36(35)46-42-23-8-6-22(7-9-23)40-43-28-14-15-29(44-45-30-13-10-24(48)18-31(30)49)27-19-25(60(51,52)53)11-12-26(27)28;;;/h1-19,41,44,49H,39H2,(H,51,52,53)(H,54,55,56)(H,57,58,59);;;/q;3*+1/p-3/b43-40?,45-30+,46-42?,47-37+;;;. The molecule has 0 radical (unpaired) electrons. The number of nitrogens with two attached hydrogens (primary N) is 1. The summed E-state index contributed by atoms with van der Waals surface area (Å²) in [4.78, 5) is 22.4. The zero-order chi connectivity index (χ0) is 44.6. The van der Waals surface area contributed by atoms with Gasteiger partial charge >= 0.3 is 88.7 Å². The third kappa shape index (κ3) is 12.2. The van der Waals surface area contributed by atoms with Crippen LogP contribution >= 0.6 is 0 Å². The van der Waals surface area contributed by atoms with Crippen LogP contribution in [0.5, 0.6) is 0 Å². The van der Waals surface area contributed by atoms with Crippen LogP contribution in [-0.4, -0.2) is 67.0 Å². The number of hydrazone groups is 2. The second-order valence-corrected chi connectivity index (χ2v) is 16.9. The summed E-state index contributed by atoms with van der Waals surface area (Å²) in [7, 11) is -15.7. The Bertz CT molecular complexity index is 3330. The number of carbonyl (C=O) groups is 2. The van der Waals surface area contributed by atoms with Crippen LogP contribution in [0.4, 0.5) is 39.8 Å². The van der Waals surface area contributed by atoms with Crippen molar-refractivity contribution in [1.29, 1.82) is 0 Å². The first-order chi connectivity index (χ1) is 29.3. The van der Waals surface area contributed by atoms with E-state index < -0.39 is 90.6 Å². The first-order valence-electron chi connectivity index (χ1n) is 17.2. The number of aliphatic hydroxyl groups excluding tert-OH is 1. The number of benzene rings is 5. The van der Waals surface area contributed by atoms with Crippen molar-refractivity contribution in [2.24, 2.45) is 30.7 Å². The summed E-state index contributed by atoms with van der Waals surface area (Å²) in [6.07, 6.45) is 4.06. The number of carbonyl (C=O) groups excluding carboxylic acids is 2. The Labute approximate surface area is 435 Å². The van der Waals surface area contributed by atoms with Crippen molar-refractivity contribution >= 4 is 110 Å². The van der Waals surface area contributed by atoms with Gasteiger partial charge in [-0.15, -0.1) is 10.2 Å². The molecule has 5 aromatic rings. The normalized spacial score (nSPS) is 15.2. The molecule has 0 spiro atoms. The molecule has 65 heavy (non-hydrogen) atoms. The Morgan fingerprint density at radius 3 is 1.88 bits per heavy atom. The van der Waals surface area contributed by atoms with Crippen molar-refractivity contribution in [3.05, 3.63) is 131 Å². The van der Waals surface area contributed by atoms with E-state index in [4.69, 9.17) is 5.73 Å². The van der Waals surface area contributed by atoms with Gasteiger partial charge in [0.25, 0.3) is 0 Å². The maximum Gasteiger partial charge on any atom is 1.00 e. The van der Waals surface area contributed by atoms with Gasteiger partial charge in [-0.3, -0.25) is 20.4 Å². The van der Waals surface area contributed by atoms with Crippen molar-refractivity contribution in [2.75, 3.05) is 16.6 Å². The first-order valence-corrected chi connectivity index (χ1v) is 21.5. The van der Waals surface area contributed by atoms with E-state index in [1.807, 2.05) is 0 Å². The van der Waals surface area contributed by atoms with Crippen LogP contribution in [0.1, 0.15) is 15.9 Å². The molecule has 0 unspecified atom stereocenters. The number of nitrogens with one attached hydrogen (secondary N) is 2. The number of hydrogen-bond acceptors (Lipinski definition) is 21. The number of nitrogen functional groups attached to an aromatic ring is 1. The van der Waals surface area contributed by atoms with Gasteiger partial charge in [-0.2, -0.15) is 20.4 Å². The van der Waals surface area contributed by atoms with E-state index in [-0.39, 0.29) is 123 Å². The van der Waals surface area contributed by atoms with Crippen LogP contribution in [0, 0.1) is 0 Å². The van der Waals surface area contributed by atoms with Crippen LogP contribution in [-0.2, 0) is 35.1 Å². The molecule has 0 saturated carbocycles. The fourth-order valence-electron chi connectivity index (χ4n) is 5.89. The van der Waals surface area contributed by atoms with E-state index >= 15 is 0 Å². The molecule has 0 atom stereocenters. The summed E-state index contributed by atoms with van der Waals surface area (Å²) >= 11 is 0. The SMILES string of the molecule is Nc1c(N=Nc2ccc(N=Nc3ccc(N/N=C4\C=CC(=O)C=C4O)c4cc(S(=O)(=O)[O-])ccc34)cc2)c(S(=O)(=O)[O-])cc2c1C(=O)/C(=N/Nc1ccccc1)C(S(=O)(=O)[O-])=C2.[Na+].[Na+].[Na+]. The smallest absolute Gasteiger partial charge is 0.744 e. The minimum Gasteiger partial charge on any atom is -0.744 e. The fourth-order valence-corrected chi connectivity index (χ4v) is 7.70. The minimum atomic E-state index is -5.41. The number of rotatable bonds is 11. The third-order valence-electron chi connectivity index (χ3n) is 8.79. The van der Waals surface area contributed by atoms with Gasteiger partial charge in [0.05, 0.1) is 54.4 Å². The molecular weight excluding hydrogens is 940 g/mol. The topological polar surface area (TPSA) is 350 Å². The minimum absolute atomic E-state index is 0. The maximum absolute atomic E-state index is 13.7. The summed E-state index contributed by atoms with van der Waals surface area (Å²) < 4.78 is 109. The van der Waals surface area contributed by atoms with Gasteiger partial charge in [0.1, 0.15) is 53.2 Å². The Morgan fingerprint density at radius 1 is 0.631 bits per heavy atom. The van der Waals surface area contributed by atoms with Gasteiger partial charge in [-0.05, 0) is 90.5 Å². The van der Waals surface area contributed by atoms with Crippen molar-refractivity contribution in [3.63, 3.8) is 0 Å². The van der Waals surface area contributed by atoms with Crippen LogP contribution < -0.4 is 105 Å². The Hall–Kier alpha value is -4.61. The predicted molar refractivity (Wildman–Crippen MR) is 221 cm³/mol. The zero-order valence-electron chi connectivity index (χ0n) is 33.9. The molecular formula is C38H24N9Na3O12S3. The van der Waals surface area contributed by atoms with Gasteiger partial charge in [-0.1, -0.05) is 24.3 Å². The molecule has 0 aliphatic heterocycles. The van der Waals surface area contributed by atoms with E-state index in [0.717, 1.165) is 18.2 Å². The third-order valence-corrected chi connectivity index (χ3v) is 11.3. The molecule has 0 bridgehead atoms. The van der Waals surface area contributed by atoms with E-state index in [9.17, 15) is 53.6 Å². The Kier molecular flexibility index (Phi) is 17.4. The molecule has 0 amide bonds. The molecule has 27 heteroatoms. The van der Waals surface area contributed by atoms with E-state index in [2.05, 4.69) is 41.5 Å². The van der Waals surface area contributed by atoms with Crippen molar-refractivity contribution in [3.8, 4) is 0 Å². The molecule has 0 heterocycles. The van der Waals surface area contributed by atoms with Gasteiger partial charge in [0.15, 0.2) is 5.78 Å². The number of aliphatic hydroxyl groups is 1. The average molecular weight is 964 g/mol. The van der Waals surface area contributed by atoms with Gasteiger partial charge < -0.3 is 24.5 Å². The molecule has 0 saturated heterocycles. The molecule has 0 fully saturated rings. The number of hydrogen-bond donors (Lipinski definition) is 4. The van der Waals surface area contributed by atoms with Crippen molar-refractivity contribution < 1.29 is 142 Å². The van der Waals surface area contributed by atoms with E-state index in [0.29, 0.717) is 23.2 Å². The Balaban J connectivity index is 0.00000308. The number of ketones is 2. The molecule has 2 aliphatic carbocycles. The van der Waals surface area contributed by atoms with Crippen LogP contribution in [0.3, 0.4) is 0 Å². The zero-order valence-corrected chi connectivity index (χ0v) is 42.3. The maximum atomic E-state index is 13.7. The first kappa shape index (κ1) is 53.0. The van der Waals surface area contributed by atoms with Crippen molar-refractivity contribution in [2.45, 2.75) is 9.79 Å². The number of Topliss-reactive ketones (excluding diaryl/α,β-unsaturated/α-hetero) is 1. The number of nitrogens with zero attached hydrogens (tertiary/aromatic N) is 6. The monoisotopic (exact) mass is 963 g/mol. The summed E-state index contributed by atoms with van der Waals surface area (Å²) in [6.45, 7) is 0. The van der Waals surface area contributed by atoms with Gasteiger partial charge in [0.2, 0.25) is 5.78 Å². The molecule has 5 aromatic carbocycles. The molecule has 314 valence electrons. The second-order valence-electron chi connectivity index (χ2n) is 12.9. The number of allylic oxidation sites excluding steroid dienone is 4. The number of anilines is 3. The van der Waals surface area contributed by atoms with E-state index in [1.165, 1.54) is 66.7 Å². The number of fused-ring (bicyclic) bond motifs is 2. The fraction of sp³-hybridized carbons (Fsp3) is 0. The van der Waals surface area contributed by atoms with E-state index in [1.54, 1.807) is 18.2 Å². The summed E-state index contributed by atoms with van der Waals surface area (Å²) in [5.74, 6) is -2.07. The summed E-state index contributed by atoms with van der Waals surface area (Å²) in [6, 6.07) is 20.6. The second kappa shape index (κ2) is 21.3. The molecule has 7 rings (SSSR count).